The highest BCUT2D eigenvalue weighted by Crippen LogP contribution is 2.32. The first kappa shape index (κ1) is 15.1. The Morgan fingerprint density at radius 1 is 0.950 bits per heavy atom. The molecule has 0 aromatic heterocycles. The van der Waals surface area contributed by atoms with Gasteiger partial charge in [-0.2, -0.15) is 0 Å². The summed E-state index contributed by atoms with van der Waals surface area (Å²) in [6.07, 6.45) is 0. The SMILES string of the molecule is Cc1ccccc1Sc1ccccc1CNCC(C)C. The zero-order valence-corrected chi connectivity index (χ0v) is 13.3. The molecule has 0 aliphatic heterocycles. The Kier molecular flexibility index (Phi) is 5.69. The minimum Gasteiger partial charge on any atom is -0.312 e. The molecule has 0 fully saturated rings. The van der Waals surface area contributed by atoms with Gasteiger partial charge in [-0.25, -0.2) is 0 Å². The van der Waals surface area contributed by atoms with Gasteiger partial charge >= 0.3 is 0 Å². The van der Waals surface area contributed by atoms with Crippen molar-refractivity contribution < 1.29 is 0 Å². The van der Waals surface area contributed by atoms with E-state index in [2.05, 4.69) is 74.6 Å². The molecule has 1 nitrogen and oxygen atoms in total. The van der Waals surface area contributed by atoms with Crippen molar-refractivity contribution in [3.8, 4) is 0 Å². The predicted octanol–water partition coefficient (Wildman–Crippen LogP) is 4.89. The summed E-state index contributed by atoms with van der Waals surface area (Å²) in [5.74, 6) is 0.686. The van der Waals surface area contributed by atoms with Crippen LogP contribution < -0.4 is 5.32 Å². The summed E-state index contributed by atoms with van der Waals surface area (Å²) in [5.41, 5.74) is 2.71. The molecule has 0 amide bonds. The first-order valence-corrected chi connectivity index (χ1v) is 8.00. The van der Waals surface area contributed by atoms with E-state index in [-0.39, 0.29) is 0 Å². The Bertz CT molecular complexity index is 549. The summed E-state index contributed by atoms with van der Waals surface area (Å²) in [4.78, 5) is 2.68. The lowest BCUT2D eigenvalue weighted by Gasteiger charge is -2.12. The van der Waals surface area contributed by atoms with E-state index in [4.69, 9.17) is 0 Å². The number of rotatable bonds is 6. The molecule has 2 rings (SSSR count). The normalized spacial score (nSPS) is 11.0. The Labute approximate surface area is 126 Å². The van der Waals surface area contributed by atoms with Crippen LogP contribution in [0.5, 0.6) is 0 Å². The molecule has 0 atom stereocenters. The third-order valence-corrected chi connectivity index (χ3v) is 4.45. The van der Waals surface area contributed by atoms with Crippen LogP contribution in [-0.2, 0) is 6.54 Å². The average molecular weight is 285 g/mol. The van der Waals surface area contributed by atoms with Crippen LogP contribution in [0.3, 0.4) is 0 Å². The minimum atomic E-state index is 0.686. The molecule has 0 aliphatic carbocycles. The van der Waals surface area contributed by atoms with Gasteiger partial charge in [-0.3, -0.25) is 0 Å². The molecule has 2 heteroatoms. The fourth-order valence-electron chi connectivity index (χ4n) is 2.03. The minimum absolute atomic E-state index is 0.686. The summed E-state index contributed by atoms with van der Waals surface area (Å²) in [6.45, 7) is 8.64. The number of hydrogen-bond donors (Lipinski definition) is 1. The summed E-state index contributed by atoms with van der Waals surface area (Å²) in [7, 11) is 0. The van der Waals surface area contributed by atoms with E-state index < -0.39 is 0 Å². The van der Waals surface area contributed by atoms with Gasteiger partial charge in [0.15, 0.2) is 0 Å². The highest BCUT2D eigenvalue weighted by molar-refractivity contribution is 7.99. The van der Waals surface area contributed by atoms with Crippen LogP contribution in [0.2, 0.25) is 0 Å². The molecule has 0 saturated heterocycles. The first-order chi connectivity index (χ1) is 9.66. The summed E-state index contributed by atoms with van der Waals surface area (Å²) >= 11 is 1.86. The molecule has 0 unspecified atom stereocenters. The Hall–Kier alpha value is -1.25. The largest absolute Gasteiger partial charge is 0.312 e. The number of benzene rings is 2. The zero-order valence-electron chi connectivity index (χ0n) is 12.5. The average Bonchev–Trinajstić information content (AvgIpc) is 2.43. The fraction of sp³-hybridized carbons (Fsp3) is 0.333. The van der Waals surface area contributed by atoms with Crippen LogP contribution in [0, 0.1) is 12.8 Å². The molecule has 0 aliphatic rings. The van der Waals surface area contributed by atoms with Crippen molar-refractivity contribution in [2.24, 2.45) is 5.92 Å². The van der Waals surface area contributed by atoms with Gasteiger partial charge in [0.1, 0.15) is 0 Å². The molecule has 0 spiro atoms. The third kappa shape index (κ3) is 4.39. The van der Waals surface area contributed by atoms with Gasteiger partial charge in [-0.05, 0) is 42.6 Å². The van der Waals surface area contributed by atoms with Crippen LogP contribution in [0.1, 0.15) is 25.0 Å². The topological polar surface area (TPSA) is 12.0 Å². The standard InChI is InChI=1S/C18H23NS/c1-14(2)12-19-13-16-9-5-7-11-18(16)20-17-10-6-4-8-15(17)3/h4-11,14,19H,12-13H2,1-3H3. The predicted molar refractivity (Wildman–Crippen MR) is 88.3 cm³/mol. The van der Waals surface area contributed by atoms with Gasteiger partial charge in [0, 0.05) is 16.3 Å². The van der Waals surface area contributed by atoms with E-state index in [0.717, 1.165) is 13.1 Å². The molecule has 0 heterocycles. The summed E-state index contributed by atoms with van der Waals surface area (Å²) in [6, 6.07) is 17.2. The van der Waals surface area contributed by atoms with Crippen molar-refractivity contribution in [2.45, 2.75) is 37.1 Å². The monoisotopic (exact) mass is 285 g/mol. The highest BCUT2D eigenvalue weighted by Gasteiger charge is 2.05. The Morgan fingerprint density at radius 2 is 1.60 bits per heavy atom. The lowest BCUT2D eigenvalue weighted by molar-refractivity contribution is 0.550. The molecule has 0 radical (unpaired) electrons. The highest BCUT2D eigenvalue weighted by atomic mass is 32.2. The van der Waals surface area contributed by atoms with Crippen molar-refractivity contribution in [2.75, 3.05) is 6.54 Å². The molecule has 1 N–H and O–H groups in total. The maximum atomic E-state index is 3.53. The molecular formula is C18H23NS. The molecule has 0 saturated carbocycles. The van der Waals surface area contributed by atoms with Gasteiger partial charge in [-0.1, -0.05) is 62.0 Å². The molecule has 2 aromatic rings. The fourth-order valence-corrected chi connectivity index (χ4v) is 3.06. The molecule has 106 valence electrons. The Balaban J connectivity index is 2.10. The van der Waals surface area contributed by atoms with E-state index in [1.54, 1.807) is 0 Å². The van der Waals surface area contributed by atoms with Gasteiger partial charge in [0.25, 0.3) is 0 Å². The van der Waals surface area contributed by atoms with Crippen molar-refractivity contribution in [1.82, 2.24) is 5.32 Å². The lowest BCUT2D eigenvalue weighted by atomic mass is 10.2. The van der Waals surface area contributed by atoms with E-state index in [9.17, 15) is 0 Å². The third-order valence-electron chi connectivity index (χ3n) is 3.15. The zero-order chi connectivity index (χ0) is 14.4. The van der Waals surface area contributed by atoms with Crippen molar-refractivity contribution in [3.05, 3.63) is 59.7 Å². The van der Waals surface area contributed by atoms with Crippen molar-refractivity contribution in [1.29, 1.82) is 0 Å². The molecule has 2 aromatic carbocycles. The van der Waals surface area contributed by atoms with Gasteiger partial charge in [0.2, 0.25) is 0 Å². The van der Waals surface area contributed by atoms with Crippen LogP contribution in [0.25, 0.3) is 0 Å². The quantitative estimate of drug-likeness (QED) is 0.811. The number of aryl methyl sites for hydroxylation is 1. The molecule has 20 heavy (non-hydrogen) atoms. The van der Waals surface area contributed by atoms with Crippen LogP contribution in [0.15, 0.2) is 58.3 Å². The second kappa shape index (κ2) is 7.51. The second-order valence-electron chi connectivity index (χ2n) is 5.50. The van der Waals surface area contributed by atoms with Crippen LogP contribution in [-0.4, -0.2) is 6.54 Å². The van der Waals surface area contributed by atoms with Crippen molar-refractivity contribution in [3.63, 3.8) is 0 Å². The van der Waals surface area contributed by atoms with E-state index >= 15 is 0 Å². The van der Waals surface area contributed by atoms with E-state index in [1.165, 1.54) is 20.9 Å². The van der Waals surface area contributed by atoms with E-state index in [1.807, 2.05) is 11.8 Å². The molecule has 0 bridgehead atoms. The first-order valence-electron chi connectivity index (χ1n) is 7.19. The number of nitrogens with one attached hydrogen (secondary N) is 1. The number of hydrogen-bond acceptors (Lipinski definition) is 2. The maximum absolute atomic E-state index is 3.53. The van der Waals surface area contributed by atoms with Gasteiger partial charge in [-0.15, -0.1) is 0 Å². The molecular weight excluding hydrogens is 262 g/mol. The summed E-state index contributed by atoms with van der Waals surface area (Å²) in [5, 5.41) is 3.53. The van der Waals surface area contributed by atoms with Gasteiger partial charge < -0.3 is 5.32 Å². The Morgan fingerprint density at radius 3 is 2.30 bits per heavy atom. The van der Waals surface area contributed by atoms with E-state index in [0.29, 0.717) is 5.92 Å². The van der Waals surface area contributed by atoms with Crippen LogP contribution in [0.4, 0.5) is 0 Å². The maximum Gasteiger partial charge on any atom is 0.0216 e. The van der Waals surface area contributed by atoms with Gasteiger partial charge in [0.05, 0.1) is 0 Å². The van der Waals surface area contributed by atoms with Crippen LogP contribution >= 0.6 is 11.8 Å². The smallest absolute Gasteiger partial charge is 0.0216 e. The van der Waals surface area contributed by atoms with Crippen molar-refractivity contribution >= 4 is 11.8 Å². The second-order valence-corrected chi connectivity index (χ2v) is 6.58. The summed E-state index contributed by atoms with van der Waals surface area (Å²) < 4.78 is 0. The lowest BCUT2D eigenvalue weighted by Crippen LogP contribution is -2.19.